The Morgan fingerprint density at radius 3 is 1.95 bits per heavy atom. The normalized spacial score (nSPS) is 15.9. The fourth-order valence-corrected chi connectivity index (χ4v) is 2.52. The number of carbonyl (C=O) groups is 2. The molecule has 1 fully saturated rings. The maximum atomic E-state index is 12.4. The number of carbonyl (C=O) groups excluding carboxylic acids is 2. The Hall–Kier alpha value is -2.01. The van der Waals surface area contributed by atoms with Gasteiger partial charge in [-0.1, -0.05) is 30.3 Å². The summed E-state index contributed by atoms with van der Waals surface area (Å²) in [5.41, 5.74) is 0.984. The molecule has 104 valence electrons. The standard InChI is InChI=1S/C15H16N2O2S/c1-3-16-13(18)12(10-11-8-6-5-7-9-11)14(19)17(4-2)15(16)20/h5-10H,3-4H2,1-2H3. The van der Waals surface area contributed by atoms with E-state index < -0.39 is 0 Å². The number of thiocarbonyl (C=S) groups is 1. The molecular weight excluding hydrogens is 272 g/mol. The van der Waals surface area contributed by atoms with E-state index in [4.69, 9.17) is 12.2 Å². The number of hydrogen-bond donors (Lipinski definition) is 0. The summed E-state index contributed by atoms with van der Waals surface area (Å²) in [7, 11) is 0. The largest absolute Gasteiger partial charge is 0.285 e. The minimum Gasteiger partial charge on any atom is -0.285 e. The molecule has 2 amide bonds. The van der Waals surface area contributed by atoms with Crippen LogP contribution in [0, 0.1) is 0 Å². The van der Waals surface area contributed by atoms with E-state index in [0.717, 1.165) is 5.56 Å². The molecule has 4 nitrogen and oxygen atoms in total. The quantitative estimate of drug-likeness (QED) is 0.486. The Morgan fingerprint density at radius 1 is 1.00 bits per heavy atom. The van der Waals surface area contributed by atoms with Crippen molar-refractivity contribution >= 4 is 35.2 Å². The van der Waals surface area contributed by atoms with Gasteiger partial charge >= 0.3 is 0 Å². The van der Waals surface area contributed by atoms with Crippen LogP contribution in [0.3, 0.4) is 0 Å². The fraction of sp³-hybridized carbons (Fsp3) is 0.267. The van der Waals surface area contributed by atoms with E-state index in [1.807, 2.05) is 44.2 Å². The van der Waals surface area contributed by atoms with Gasteiger partial charge < -0.3 is 0 Å². The lowest BCUT2D eigenvalue weighted by Gasteiger charge is -2.35. The maximum absolute atomic E-state index is 12.4. The highest BCUT2D eigenvalue weighted by Crippen LogP contribution is 2.19. The molecule has 5 heteroatoms. The number of rotatable bonds is 3. The highest BCUT2D eigenvalue weighted by molar-refractivity contribution is 7.80. The Kier molecular flexibility index (Phi) is 4.29. The van der Waals surface area contributed by atoms with Gasteiger partial charge in [0, 0.05) is 13.1 Å². The van der Waals surface area contributed by atoms with Gasteiger partial charge in [0.2, 0.25) is 0 Å². The Balaban J connectivity index is 2.45. The lowest BCUT2D eigenvalue weighted by molar-refractivity contribution is -0.133. The van der Waals surface area contributed by atoms with Gasteiger partial charge in [-0.3, -0.25) is 19.4 Å². The van der Waals surface area contributed by atoms with Crippen LogP contribution in [0.2, 0.25) is 0 Å². The third kappa shape index (κ3) is 2.49. The summed E-state index contributed by atoms with van der Waals surface area (Å²) in [4.78, 5) is 27.6. The van der Waals surface area contributed by atoms with E-state index in [2.05, 4.69) is 0 Å². The maximum Gasteiger partial charge on any atom is 0.265 e. The van der Waals surface area contributed by atoms with E-state index in [0.29, 0.717) is 13.1 Å². The predicted molar refractivity (Wildman–Crippen MR) is 81.8 cm³/mol. The van der Waals surface area contributed by atoms with Crippen molar-refractivity contribution in [3.63, 3.8) is 0 Å². The van der Waals surface area contributed by atoms with E-state index >= 15 is 0 Å². The van der Waals surface area contributed by atoms with Crippen molar-refractivity contribution in [1.29, 1.82) is 0 Å². The lowest BCUT2D eigenvalue weighted by atomic mass is 10.1. The van der Waals surface area contributed by atoms with Gasteiger partial charge in [0.15, 0.2) is 5.11 Å². The molecule has 1 heterocycles. The minimum absolute atomic E-state index is 0.161. The van der Waals surface area contributed by atoms with Crippen molar-refractivity contribution in [1.82, 2.24) is 9.80 Å². The Morgan fingerprint density at radius 2 is 1.50 bits per heavy atom. The second kappa shape index (κ2) is 5.96. The van der Waals surface area contributed by atoms with Crippen LogP contribution in [-0.2, 0) is 9.59 Å². The molecule has 2 rings (SSSR count). The van der Waals surface area contributed by atoms with Crippen LogP contribution in [0.15, 0.2) is 35.9 Å². The van der Waals surface area contributed by atoms with Gasteiger partial charge in [-0.25, -0.2) is 0 Å². The average molecular weight is 288 g/mol. The van der Waals surface area contributed by atoms with Crippen LogP contribution in [0.5, 0.6) is 0 Å². The number of likely N-dealkylation sites (N-methyl/N-ethyl adjacent to an activating group) is 2. The monoisotopic (exact) mass is 288 g/mol. The van der Waals surface area contributed by atoms with Crippen molar-refractivity contribution in [2.75, 3.05) is 13.1 Å². The summed E-state index contributed by atoms with van der Waals surface area (Å²) >= 11 is 5.20. The van der Waals surface area contributed by atoms with Crippen LogP contribution in [0.1, 0.15) is 19.4 Å². The fourth-order valence-electron chi connectivity index (χ4n) is 2.10. The number of hydrogen-bond acceptors (Lipinski definition) is 3. The molecule has 0 unspecified atom stereocenters. The van der Waals surface area contributed by atoms with Crippen molar-refractivity contribution in [3.05, 3.63) is 41.5 Å². The predicted octanol–water partition coefficient (Wildman–Crippen LogP) is 2.07. The Bertz CT molecular complexity index is 553. The summed E-state index contributed by atoms with van der Waals surface area (Å²) in [6.45, 7) is 4.59. The molecule has 0 radical (unpaired) electrons. The summed E-state index contributed by atoms with van der Waals surface area (Å²) in [6, 6.07) is 9.33. The van der Waals surface area contributed by atoms with Crippen LogP contribution in [0.4, 0.5) is 0 Å². The zero-order valence-corrected chi connectivity index (χ0v) is 12.3. The number of nitrogens with zero attached hydrogens (tertiary/aromatic N) is 2. The summed E-state index contributed by atoms with van der Waals surface area (Å²) in [6.07, 6.45) is 1.62. The first-order valence-corrected chi connectivity index (χ1v) is 6.95. The molecule has 0 aliphatic carbocycles. The lowest BCUT2D eigenvalue weighted by Crippen LogP contribution is -2.55. The topological polar surface area (TPSA) is 40.6 Å². The summed E-state index contributed by atoms with van der Waals surface area (Å²) in [5.74, 6) is -0.646. The molecule has 0 atom stereocenters. The molecule has 0 N–H and O–H groups in total. The molecule has 1 aromatic carbocycles. The molecule has 20 heavy (non-hydrogen) atoms. The van der Waals surface area contributed by atoms with Crippen LogP contribution >= 0.6 is 12.2 Å². The van der Waals surface area contributed by atoms with E-state index in [9.17, 15) is 9.59 Å². The minimum atomic E-state index is -0.323. The second-order valence-corrected chi connectivity index (χ2v) is 4.72. The molecule has 1 aromatic rings. The van der Waals surface area contributed by atoms with E-state index in [1.54, 1.807) is 6.08 Å². The van der Waals surface area contributed by atoms with E-state index in [1.165, 1.54) is 9.80 Å². The zero-order valence-electron chi connectivity index (χ0n) is 11.5. The number of amides is 2. The molecular formula is C15H16N2O2S. The molecule has 1 aliphatic heterocycles. The molecule has 0 bridgehead atoms. The van der Waals surface area contributed by atoms with Crippen LogP contribution in [-0.4, -0.2) is 39.8 Å². The van der Waals surface area contributed by atoms with Gasteiger partial charge in [-0.2, -0.15) is 0 Å². The Labute approximate surface area is 123 Å². The average Bonchev–Trinajstić information content (AvgIpc) is 2.46. The van der Waals surface area contributed by atoms with Gasteiger partial charge in [0.25, 0.3) is 11.8 Å². The van der Waals surface area contributed by atoms with E-state index in [-0.39, 0.29) is 22.5 Å². The third-order valence-corrected chi connectivity index (χ3v) is 3.60. The van der Waals surface area contributed by atoms with Gasteiger partial charge in [0.1, 0.15) is 5.57 Å². The second-order valence-electron chi connectivity index (χ2n) is 4.35. The summed E-state index contributed by atoms with van der Waals surface area (Å²) < 4.78 is 0. The first-order valence-electron chi connectivity index (χ1n) is 6.54. The van der Waals surface area contributed by atoms with Crippen molar-refractivity contribution < 1.29 is 9.59 Å². The highest BCUT2D eigenvalue weighted by Gasteiger charge is 2.37. The third-order valence-electron chi connectivity index (χ3n) is 3.16. The molecule has 0 aromatic heterocycles. The van der Waals surface area contributed by atoms with Crippen molar-refractivity contribution in [2.24, 2.45) is 0 Å². The zero-order chi connectivity index (χ0) is 14.7. The van der Waals surface area contributed by atoms with Crippen molar-refractivity contribution in [3.8, 4) is 0 Å². The van der Waals surface area contributed by atoms with Crippen molar-refractivity contribution in [2.45, 2.75) is 13.8 Å². The SMILES string of the molecule is CCN1C(=O)C(=Cc2ccccc2)C(=O)N(CC)C1=S. The van der Waals surface area contributed by atoms with Crippen LogP contribution in [0.25, 0.3) is 6.08 Å². The first-order chi connectivity index (χ1) is 9.60. The molecule has 0 spiro atoms. The molecule has 0 saturated carbocycles. The first kappa shape index (κ1) is 14.4. The highest BCUT2D eigenvalue weighted by atomic mass is 32.1. The smallest absolute Gasteiger partial charge is 0.265 e. The van der Waals surface area contributed by atoms with Gasteiger partial charge in [-0.15, -0.1) is 0 Å². The summed E-state index contributed by atoms with van der Waals surface area (Å²) in [5, 5.41) is 0.287. The molecule has 1 saturated heterocycles. The number of benzene rings is 1. The van der Waals surface area contributed by atoms with Gasteiger partial charge in [-0.05, 0) is 37.7 Å². The van der Waals surface area contributed by atoms with Crippen LogP contribution < -0.4 is 0 Å². The molecule has 1 aliphatic rings. The van der Waals surface area contributed by atoms with Gasteiger partial charge in [0.05, 0.1) is 0 Å².